The minimum Gasteiger partial charge on any atom is -0.480 e. The van der Waals surface area contributed by atoms with Crippen LogP contribution in [-0.2, 0) is 9.53 Å². The largest absolute Gasteiger partial charge is 0.480 e. The topological polar surface area (TPSA) is 87.7 Å². The number of carbonyl (C=O) groups is 2. The Hall–Kier alpha value is -1.66. The number of rotatable bonds is 2. The fourth-order valence-corrected chi connectivity index (χ4v) is 3.03. The molecule has 0 aliphatic carbocycles. The Kier molecular flexibility index (Phi) is 4.96. The summed E-state index contributed by atoms with van der Waals surface area (Å²) in [6.07, 6.45) is -0.492. The zero-order valence-corrected chi connectivity index (χ0v) is 14.5. The van der Waals surface area contributed by atoms with E-state index in [4.69, 9.17) is 27.9 Å². The molecule has 0 radical (unpaired) electrons. The standard InChI is InChI=1S/C15H18Cl2N2O4/c1-15(2,3)23-14(22)19-10-6-11(13(20)21)18-9-5-7(16)4-8(17)12(9)10/h4-5,10-11,18H,6H2,1-3H3,(H,19,22)(H,20,21)/t10-,11-/m0/s1. The summed E-state index contributed by atoms with van der Waals surface area (Å²) in [6, 6.07) is 1.68. The third-order valence-electron chi connectivity index (χ3n) is 3.23. The first kappa shape index (κ1) is 17.7. The van der Waals surface area contributed by atoms with Crippen molar-refractivity contribution in [2.45, 2.75) is 44.9 Å². The molecule has 6 nitrogen and oxygen atoms in total. The summed E-state index contributed by atoms with van der Waals surface area (Å²) in [7, 11) is 0. The lowest BCUT2D eigenvalue weighted by molar-refractivity contribution is -0.138. The smallest absolute Gasteiger partial charge is 0.408 e. The second-order valence-electron chi connectivity index (χ2n) is 6.32. The summed E-state index contributed by atoms with van der Waals surface area (Å²) in [4.78, 5) is 23.3. The zero-order valence-electron chi connectivity index (χ0n) is 12.9. The number of aliphatic carboxylic acids is 1. The number of carboxylic acids is 1. The molecule has 0 aromatic heterocycles. The quantitative estimate of drug-likeness (QED) is 0.745. The molecule has 1 amide bonds. The van der Waals surface area contributed by atoms with Crippen LogP contribution in [0.15, 0.2) is 12.1 Å². The number of carboxylic acid groups (broad SMARTS) is 1. The van der Waals surface area contributed by atoms with Crippen molar-refractivity contribution < 1.29 is 19.4 Å². The van der Waals surface area contributed by atoms with Crippen molar-refractivity contribution in [2.24, 2.45) is 0 Å². The van der Waals surface area contributed by atoms with Crippen molar-refractivity contribution >= 4 is 41.0 Å². The van der Waals surface area contributed by atoms with E-state index in [0.29, 0.717) is 21.3 Å². The molecule has 1 aliphatic rings. The van der Waals surface area contributed by atoms with Gasteiger partial charge in [0, 0.05) is 27.7 Å². The van der Waals surface area contributed by atoms with Gasteiger partial charge in [-0.05, 0) is 32.9 Å². The molecule has 0 saturated carbocycles. The molecule has 0 fully saturated rings. The van der Waals surface area contributed by atoms with Gasteiger partial charge in [0.05, 0.1) is 6.04 Å². The minimum atomic E-state index is -1.03. The van der Waals surface area contributed by atoms with Gasteiger partial charge in [-0.1, -0.05) is 23.2 Å². The van der Waals surface area contributed by atoms with Crippen LogP contribution in [0.1, 0.15) is 38.8 Å². The number of halogens is 2. The van der Waals surface area contributed by atoms with E-state index in [2.05, 4.69) is 10.6 Å². The van der Waals surface area contributed by atoms with E-state index in [1.54, 1.807) is 32.9 Å². The Labute approximate surface area is 144 Å². The number of anilines is 1. The van der Waals surface area contributed by atoms with Gasteiger partial charge in [0.2, 0.25) is 0 Å². The van der Waals surface area contributed by atoms with Gasteiger partial charge in [-0.2, -0.15) is 0 Å². The first-order chi connectivity index (χ1) is 10.6. The summed E-state index contributed by atoms with van der Waals surface area (Å²) in [5.41, 5.74) is 0.428. The molecule has 0 unspecified atom stereocenters. The first-order valence-corrected chi connectivity index (χ1v) is 7.80. The number of amides is 1. The summed E-state index contributed by atoms with van der Waals surface area (Å²) >= 11 is 12.2. The lowest BCUT2D eigenvalue weighted by atomic mass is 9.93. The lowest BCUT2D eigenvalue weighted by Gasteiger charge is -2.33. The van der Waals surface area contributed by atoms with Gasteiger partial charge in [0.1, 0.15) is 11.6 Å². The normalized spacial score (nSPS) is 20.2. The van der Waals surface area contributed by atoms with Gasteiger partial charge in [0.15, 0.2) is 0 Å². The average molecular weight is 361 g/mol. The van der Waals surface area contributed by atoms with Crippen LogP contribution in [0.3, 0.4) is 0 Å². The number of benzene rings is 1. The summed E-state index contributed by atoms with van der Waals surface area (Å²) in [5, 5.41) is 15.6. The van der Waals surface area contributed by atoms with E-state index in [9.17, 15) is 14.7 Å². The van der Waals surface area contributed by atoms with Crippen LogP contribution < -0.4 is 10.6 Å². The molecular formula is C15H18Cl2N2O4. The summed E-state index contributed by atoms with van der Waals surface area (Å²) in [6.45, 7) is 5.24. The van der Waals surface area contributed by atoms with Gasteiger partial charge in [-0.25, -0.2) is 9.59 Å². The Morgan fingerprint density at radius 1 is 1.35 bits per heavy atom. The fraction of sp³-hybridized carbons (Fsp3) is 0.467. The average Bonchev–Trinajstić information content (AvgIpc) is 2.34. The highest BCUT2D eigenvalue weighted by Gasteiger charge is 2.34. The van der Waals surface area contributed by atoms with Crippen LogP contribution in [0.4, 0.5) is 10.5 Å². The Balaban J connectivity index is 2.32. The number of carbonyl (C=O) groups excluding carboxylic acids is 1. The highest BCUT2D eigenvalue weighted by molar-refractivity contribution is 6.35. The maximum Gasteiger partial charge on any atom is 0.408 e. The Morgan fingerprint density at radius 2 is 2.00 bits per heavy atom. The molecule has 1 aromatic carbocycles. The van der Waals surface area contributed by atoms with Gasteiger partial charge in [-0.15, -0.1) is 0 Å². The Bertz CT molecular complexity index is 643. The van der Waals surface area contributed by atoms with Crippen LogP contribution in [0.25, 0.3) is 0 Å². The van der Waals surface area contributed by atoms with E-state index < -0.39 is 29.7 Å². The molecule has 2 atom stereocenters. The van der Waals surface area contributed by atoms with E-state index in [0.717, 1.165) is 0 Å². The molecule has 0 saturated heterocycles. The fourth-order valence-electron chi connectivity index (χ4n) is 2.40. The first-order valence-electron chi connectivity index (χ1n) is 7.04. The van der Waals surface area contributed by atoms with Crippen molar-refractivity contribution in [3.05, 3.63) is 27.7 Å². The second-order valence-corrected chi connectivity index (χ2v) is 7.16. The molecule has 23 heavy (non-hydrogen) atoms. The van der Waals surface area contributed by atoms with Crippen LogP contribution in [0.2, 0.25) is 10.0 Å². The predicted molar refractivity (Wildman–Crippen MR) is 88.2 cm³/mol. The molecule has 1 aromatic rings. The SMILES string of the molecule is CC(C)(C)OC(=O)N[C@H]1C[C@@H](C(=O)O)Nc2cc(Cl)cc(Cl)c21. The summed E-state index contributed by atoms with van der Waals surface area (Å²) in [5.74, 6) is -1.03. The molecule has 3 N–H and O–H groups in total. The highest BCUT2D eigenvalue weighted by atomic mass is 35.5. The third-order valence-corrected chi connectivity index (χ3v) is 3.76. The van der Waals surface area contributed by atoms with Gasteiger partial charge < -0.3 is 20.5 Å². The maximum absolute atomic E-state index is 12.0. The number of hydrogen-bond acceptors (Lipinski definition) is 4. The van der Waals surface area contributed by atoms with Crippen LogP contribution in [0, 0.1) is 0 Å². The number of ether oxygens (including phenoxy) is 1. The van der Waals surface area contributed by atoms with Gasteiger partial charge >= 0.3 is 12.1 Å². The van der Waals surface area contributed by atoms with Gasteiger partial charge in [0.25, 0.3) is 0 Å². The van der Waals surface area contributed by atoms with Crippen LogP contribution >= 0.6 is 23.2 Å². The zero-order chi connectivity index (χ0) is 17.4. The van der Waals surface area contributed by atoms with Crippen molar-refractivity contribution in [1.29, 1.82) is 0 Å². The van der Waals surface area contributed by atoms with Gasteiger partial charge in [-0.3, -0.25) is 0 Å². The molecule has 0 bridgehead atoms. The van der Waals surface area contributed by atoms with Crippen LogP contribution in [0.5, 0.6) is 0 Å². The molecule has 8 heteroatoms. The van der Waals surface area contributed by atoms with Crippen molar-refractivity contribution in [1.82, 2.24) is 5.32 Å². The summed E-state index contributed by atoms with van der Waals surface area (Å²) < 4.78 is 5.23. The third kappa shape index (κ3) is 4.42. The molecule has 126 valence electrons. The molecule has 2 rings (SSSR count). The maximum atomic E-state index is 12.0. The molecule has 1 heterocycles. The predicted octanol–water partition coefficient (Wildman–Crippen LogP) is 3.83. The number of fused-ring (bicyclic) bond motifs is 1. The second kappa shape index (κ2) is 6.45. The van der Waals surface area contributed by atoms with E-state index in [1.807, 2.05) is 0 Å². The minimum absolute atomic E-state index is 0.142. The van der Waals surface area contributed by atoms with Crippen molar-refractivity contribution in [2.75, 3.05) is 5.32 Å². The molecular weight excluding hydrogens is 343 g/mol. The molecule has 0 spiro atoms. The lowest BCUT2D eigenvalue weighted by Crippen LogP contribution is -2.42. The highest BCUT2D eigenvalue weighted by Crippen LogP contribution is 2.39. The van der Waals surface area contributed by atoms with Crippen LogP contribution in [-0.4, -0.2) is 28.8 Å². The monoisotopic (exact) mass is 360 g/mol. The molecule has 1 aliphatic heterocycles. The number of nitrogens with one attached hydrogen (secondary N) is 2. The number of hydrogen-bond donors (Lipinski definition) is 3. The van der Waals surface area contributed by atoms with E-state index >= 15 is 0 Å². The van der Waals surface area contributed by atoms with Crippen molar-refractivity contribution in [3.8, 4) is 0 Å². The van der Waals surface area contributed by atoms with Crippen molar-refractivity contribution in [3.63, 3.8) is 0 Å². The number of alkyl carbamates (subject to hydrolysis) is 1. The van der Waals surface area contributed by atoms with E-state index in [1.165, 1.54) is 0 Å². The Morgan fingerprint density at radius 3 is 2.57 bits per heavy atom. The van der Waals surface area contributed by atoms with E-state index in [-0.39, 0.29) is 6.42 Å².